The second-order valence-electron chi connectivity index (χ2n) is 11.4. The molecule has 0 radical (unpaired) electrons. The van der Waals surface area contributed by atoms with E-state index in [0.29, 0.717) is 12.3 Å². The molecule has 8 heteroatoms. The maximum absolute atomic E-state index is 13.1. The monoisotopic (exact) mass is 553 g/mol. The van der Waals surface area contributed by atoms with Gasteiger partial charge in [-0.2, -0.15) is 0 Å². The molecule has 2 heterocycles. The minimum absolute atomic E-state index is 0.284. The molecule has 3 aromatic carbocycles. The molecule has 1 unspecified atom stereocenters. The van der Waals surface area contributed by atoms with Gasteiger partial charge in [0.05, 0.1) is 29.4 Å². The number of hydrazine groups is 1. The van der Waals surface area contributed by atoms with Crippen LogP contribution < -0.4 is 21.3 Å². The van der Waals surface area contributed by atoms with Crippen LogP contribution in [0.3, 0.4) is 0 Å². The zero-order chi connectivity index (χ0) is 29.3. The molecule has 1 aliphatic rings. The van der Waals surface area contributed by atoms with Gasteiger partial charge in [-0.3, -0.25) is 14.7 Å². The van der Waals surface area contributed by atoms with Gasteiger partial charge in [-0.25, -0.2) is 5.84 Å². The second-order valence-corrected chi connectivity index (χ2v) is 11.4. The van der Waals surface area contributed by atoms with Gasteiger partial charge in [-0.15, -0.1) is 0 Å². The number of nitrogens with two attached hydrogens (primary N) is 2. The van der Waals surface area contributed by atoms with E-state index in [2.05, 4.69) is 52.3 Å². The molecule has 0 bridgehead atoms. The summed E-state index contributed by atoms with van der Waals surface area (Å²) in [6.07, 6.45) is 1.82. The van der Waals surface area contributed by atoms with Crippen LogP contribution in [0.4, 0.5) is 11.4 Å². The first-order chi connectivity index (χ1) is 19.6. The van der Waals surface area contributed by atoms with Crippen LogP contribution in [0.2, 0.25) is 0 Å². The molecule has 0 fully saturated rings. The molecule has 5 rings (SSSR count). The number of benzene rings is 3. The molecule has 0 aliphatic carbocycles. The van der Waals surface area contributed by atoms with Crippen molar-refractivity contribution in [3.63, 3.8) is 0 Å². The summed E-state index contributed by atoms with van der Waals surface area (Å²) in [6, 6.07) is 20.6. The third-order valence-electron chi connectivity index (χ3n) is 8.19. The highest BCUT2D eigenvalue weighted by molar-refractivity contribution is 5.81. The Labute approximate surface area is 241 Å². The van der Waals surface area contributed by atoms with Gasteiger partial charge in [0.2, 0.25) is 0 Å². The first-order valence-electron chi connectivity index (χ1n) is 13.9. The quantitative estimate of drug-likeness (QED) is 0.140. The van der Waals surface area contributed by atoms with Gasteiger partial charge < -0.3 is 20.2 Å². The van der Waals surface area contributed by atoms with Gasteiger partial charge in [0.1, 0.15) is 12.4 Å². The Morgan fingerprint density at radius 3 is 2.73 bits per heavy atom. The lowest BCUT2D eigenvalue weighted by molar-refractivity contribution is -0.151. The van der Waals surface area contributed by atoms with E-state index in [-0.39, 0.29) is 11.9 Å². The Balaban J connectivity index is 1.49. The molecular formula is C33H39N5O3. The number of esters is 1. The number of ether oxygens (including phenoxy) is 2. The average Bonchev–Trinajstić information content (AvgIpc) is 3.14. The van der Waals surface area contributed by atoms with Crippen molar-refractivity contribution in [1.82, 2.24) is 9.88 Å². The maximum atomic E-state index is 13.1. The third-order valence-corrected chi connectivity index (χ3v) is 8.19. The standard InChI is InChI=1S/C33H39N5O3/c1-21-26(11-12-28(31(21)34)37(4)35)30(33(2,3)32(39)40-5)24-9-6-8-22(16-24)19-38-14-15-41-29-18-23-10-7-13-36-27(23)17-25(29)20-38/h6-13,16-18,30H,14-15,19-20,34-35H2,1-5H3. The van der Waals surface area contributed by atoms with E-state index in [1.165, 1.54) is 12.1 Å². The number of nitrogens with zero attached hydrogens (tertiary/aromatic N) is 3. The highest BCUT2D eigenvalue weighted by atomic mass is 16.5. The third kappa shape index (κ3) is 5.58. The molecule has 0 saturated heterocycles. The smallest absolute Gasteiger partial charge is 0.312 e. The van der Waals surface area contributed by atoms with Crippen molar-refractivity contribution in [2.75, 3.05) is 38.1 Å². The highest BCUT2D eigenvalue weighted by Gasteiger charge is 2.41. The summed E-state index contributed by atoms with van der Waals surface area (Å²) < 4.78 is 11.4. The van der Waals surface area contributed by atoms with Crippen LogP contribution in [0, 0.1) is 12.3 Å². The topological polar surface area (TPSA) is 107 Å². The molecule has 8 nitrogen and oxygen atoms in total. The molecule has 1 atom stereocenters. The molecule has 214 valence electrons. The van der Waals surface area contributed by atoms with E-state index in [1.807, 2.05) is 45.2 Å². The Bertz CT molecular complexity index is 1580. The Kier molecular flexibility index (Phi) is 7.89. The van der Waals surface area contributed by atoms with Gasteiger partial charge in [0, 0.05) is 49.7 Å². The number of hydrogen-bond donors (Lipinski definition) is 2. The number of methoxy groups -OCH3 is 1. The zero-order valence-corrected chi connectivity index (χ0v) is 24.5. The van der Waals surface area contributed by atoms with Crippen LogP contribution >= 0.6 is 0 Å². The van der Waals surface area contributed by atoms with Crippen molar-refractivity contribution in [1.29, 1.82) is 0 Å². The number of carbonyl (C=O) groups is 1. The summed E-state index contributed by atoms with van der Waals surface area (Å²) in [5, 5.41) is 2.59. The van der Waals surface area contributed by atoms with Crippen molar-refractivity contribution in [2.24, 2.45) is 11.3 Å². The molecule has 4 N–H and O–H groups in total. The molecule has 4 aromatic rings. The lowest BCUT2D eigenvalue weighted by atomic mass is 9.69. The van der Waals surface area contributed by atoms with E-state index in [1.54, 1.807) is 7.05 Å². The summed E-state index contributed by atoms with van der Waals surface area (Å²) in [5.41, 5.74) is 13.1. The van der Waals surface area contributed by atoms with Crippen LogP contribution in [0.25, 0.3) is 10.9 Å². The van der Waals surface area contributed by atoms with Crippen LogP contribution in [0.15, 0.2) is 66.9 Å². The lowest BCUT2D eigenvalue weighted by Crippen LogP contribution is -2.34. The molecule has 1 aromatic heterocycles. The Hall–Kier alpha value is -4.14. The highest BCUT2D eigenvalue weighted by Crippen LogP contribution is 2.45. The fraction of sp³-hybridized carbons (Fsp3) is 0.333. The average molecular weight is 554 g/mol. The maximum Gasteiger partial charge on any atom is 0.312 e. The van der Waals surface area contributed by atoms with Gasteiger partial charge in [-0.1, -0.05) is 36.4 Å². The van der Waals surface area contributed by atoms with Crippen molar-refractivity contribution in [3.05, 3.63) is 94.7 Å². The molecule has 1 aliphatic heterocycles. The molecule has 0 amide bonds. The van der Waals surface area contributed by atoms with Crippen molar-refractivity contribution in [2.45, 2.75) is 39.8 Å². The van der Waals surface area contributed by atoms with Crippen molar-refractivity contribution >= 4 is 28.2 Å². The van der Waals surface area contributed by atoms with E-state index in [0.717, 1.165) is 69.8 Å². The van der Waals surface area contributed by atoms with Crippen LogP contribution in [-0.4, -0.2) is 43.2 Å². The summed E-state index contributed by atoms with van der Waals surface area (Å²) >= 11 is 0. The number of rotatable bonds is 7. The zero-order valence-electron chi connectivity index (χ0n) is 24.5. The predicted octanol–water partition coefficient (Wildman–Crippen LogP) is 5.16. The van der Waals surface area contributed by atoms with Gasteiger partial charge in [0.25, 0.3) is 0 Å². The molecule has 41 heavy (non-hydrogen) atoms. The molecule has 0 saturated carbocycles. The van der Waals surface area contributed by atoms with Gasteiger partial charge in [-0.05, 0) is 67.3 Å². The summed E-state index contributed by atoms with van der Waals surface area (Å²) in [6.45, 7) is 8.73. The van der Waals surface area contributed by atoms with Crippen molar-refractivity contribution < 1.29 is 14.3 Å². The number of nitrogen functional groups attached to an aromatic ring is 1. The van der Waals surface area contributed by atoms with E-state index < -0.39 is 5.41 Å². The van der Waals surface area contributed by atoms with Crippen LogP contribution in [0.1, 0.15) is 47.6 Å². The summed E-state index contributed by atoms with van der Waals surface area (Å²) in [4.78, 5) is 20.0. The minimum atomic E-state index is -0.857. The largest absolute Gasteiger partial charge is 0.492 e. The number of fused-ring (bicyclic) bond motifs is 2. The normalized spacial score (nSPS) is 14.6. The number of carbonyl (C=O) groups excluding carboxylic acids is 1. The van der Waals surface area contributed by atoms with Crippen molar-refractivity contribution in [3.8, 4) is 5.75 Å². The number of aromatic nitrogens is 1. The first-order valence-corrected chi connectivity index (χ1v) is 13.9. The number of pyridine rings is 1. The Morgan fingerprint density at radius 1 is 1.17 bits per heavy atom. The SMILES string of the molecule is COC(=O)C(C)(C)C(c1cccc(CN2CCOc3cc4cccnc4cc3C2)c1)c1ccc(N(C)N)c(N)c1C. The lowest BCUT2D eigenvalue weighted by Gasteiger charge is -2.35. The molecular weight excluding hydrogens is 514 g/mol. The number of anilines is 2. The number of hydrogen-bond acceptors (Lipinski definition) is 8. The second kappa shape index (κ2) is 11.4. The Morgan fingerprint density at radius 2 is 1.98 bits per heavy atom. The fourth-order valence-corrected chi connectivity index (χ4v) is 5.99. The van der Waals surface area contributed by atoms with Crippen LogP contribution in [-0.2, 0) is 22.6 Å². The van der Waals surface area contributed by atoms with Gasteiger partial charge >= 0.3 is 5.97 Å². The first kappa shape index (κ1) is 28.4. The van der Waals surface area contributed by atoms with E-state index in [9.17, 15) is 4.79 Å². The van der Waals surface area contributed by atoms with E-state index >= 15 is 0 Å². The summed E-state index contributed by atoms with van der Waals surface area (Å²) in [5.74, 6) is 6.36. The predicted molar refractivity (Wildman–Crippen MR) is 164 cm³/mol. The van der Waals surface area contributed by atoms with Gasteiger partial charge in [0.15, 0.2) is 0 Å². The summed E-state index contributed by atoms with van der Waals surface area (Å²) in [7, 11) is 3.19. The molecule has 0 spiro atoms. The minimum Gasteiger partial charge on any atom is -0.492 e. The van der Waals surface area contributed by atoms with Crippen LogP contribution in [0.5, 0.6) is 5.75 Å². The fourth-order valence-electron chi connectivity index (χ4n) is 5.99. The van der Waals surface area contributed by atoms with E-state index in [4.69, 9.17) is 21.1 Å².